The van der Waals surface area contributed by atoms with E-state index in [1.165, 1.54) is 17.7 Å². The molecule has 22 heavy (non-hydrogen) atoms. The maximum Gasteiger partial charge on any atom is 0.251 e. The van der Waals surface area contributed by atoms with Crippen LogP contribution in [0.1, 0.15) is 39.0 Å². The maximum absolute atomic E-state index is 12.5. The Morgan fingerprint density at radius 1 is 1.18 bits per heavy atom. The summed E-state index contributed by atoms with van der Waals surface area (Å²) in [6.07, 6.45) is 4.86. The SMILES string of the molecule is CCOc1ccc(N2C(=O)CC(NC3CCCC3)C2=O)cc1. The largest absolute Gasteiger partial charge is 0.494 e. The predicted molar refractivity (Wildman–Crippen MR) is 83.9 cm³/mol. The topological polar surface area (TPSA) is 58.6 Å². The van der Waals surface area contributed by atoms with Gasteiger partial charge in [0.15, 0.2) is 0 Å². The Morgan fingerprint density at radius 3 is 2.50 bits per heavy atom. The fourth-order valence-corrected chi connectivity index (χ4v) is 3.27. The Kier molecular flexibility index (Phi) is 4.43. The first-order chi connectivity index (χ1) is 10.7. The van der Waals surface area contributed by atoms with Gasteiger partial charge in [0.05, 0.1) is 24.8 Å². The second-order valence-electron chi connectivity index (χ2n) is 5.90. The molecule has 1 aliphatic heterocycles. The number of nitrogens with zero attached hydrogens (tertiary/aromatic N) is 1. The summed E-state index contributed by atoms with van der Waals surface area (Å²) >= 11 is 0. The van der Waals surface area contributed by atoms with Gasteiger partial charge in [-0.2, -0.15) is 0 Å². The van der Waals surface area contributed by atoms with Gasteiger partial charge in [-0.15, -0.1) is 0 Å². The van der Waals surface area contributed by atoms with Crippen molar-refractivity contribution in [1.29, 1.82) is 0 Å². The van der Waals surface area contributed by atoms with Gasteiger partial charge >= 0.3 is 0 Å². The van der Waals surface area contributed by atoms with Crippen LogP contribution >= 0.6 is 0 Å². The third-order valence-corrected chi connectivity index (χ3v) is 4.34. The Labute approximate surface area is 130 Å². The first kappa shape index (κ1) is 15.0. The van der Waals surface area contributed by atoms with E-state index in [-0.39, 0.29) is 24.3 Å². The van der Waals surface area contributed by atoms with E-state index in [0.29, 0.717) is 18.3 Å². The van der Waals surface area contributed by atoms with Gasteiger partial charge in [0.2, 0.25) is 5.91 Å². The van der Waals surface area contributed by atoms with Crippen LogP contribution in [0.2, 0.25) is 0 Å². The van der Waals surface area contributed by atoms with Crippen molar-refractivity contribution in [1.82, 2.24) is 5.32 Å². The van der Waals surface area contributed by atoms with Gasteiger partial charge in [0.25, 0.3) is 5.91 Å². The molecule has 1 aliphatic carbocycles. The van der Waals surface area contributed by atoms with Gasteiger partial charge in [0, 0.05) is 6.04 Å². The van der Waals surface area contributed by atoms with E-state index in [4.69, 9.17) is 4.74 Å². The summed E-state index contributed by atoms with van der Waals surface area (Å²) in [7, 11) is 0. The molecule has 0 spiro atoms. The highest BCUT2D eigenvalue weighted by molar-refractivity contribution is 6.22. The van der Waals surface area contributed by atoms with Crippen molar-refractivity contribution in [2.45, 2.75) is 51.1 Å². The molecule has 1 N–H and O–H groups in total. The number of carbonyl (C=O) groups excluding carboxylic acids is 2. The number of imide groups is 1. The number of carbonyl (C=O) groups is 2. The summed E-state index contributed by atoms with van der Waals surface area (Å²) < 4.78 is 5.39. The van der Waals surface area contributed by atoms with E-state index in [2.05, 4.69) is 5.32 Å². The highest BCUT2D eigenvalue weighted by atomic mass is 16.5. The lowest BCUT2D eigenvalue weighted by molar-refractivity contribution is -0.121. The number of hydrogen-bond donors (Lipinski definition) is 1. The molecule has 1 unspecified atom stereocenters. The molecule has 2 fully saturated rings. The zero-order valence-corrected chi connectivity index (χ0v) is 12.9. The number of benzene rings is 1. The van der Waals surface area contributed by atoms with Crippen molar-refractivity contribution >= 4 is 17.5 Å². The molecule has 1 saturated heterocycles. The van der Waals surface area contributed by atoms with Crippen LogP contribution in [0.25, 0.3) is 0 Å². The van der Waals surface area contributed by atoms with E-state index in [9.17, 15) is 9.59 Å². The standard InChI is InChI=1S/C17H22N2O3/c1-2-22-14-9-7-13(8-10-14)19-16(20)11-15(17(19)21)18-12-5-3-4-6-12/h7-10,12,15,18H,2-6,11H2,1H3. The monoisotopic (exact) mass is 302 g/mol. The summed E-state index contributed by atoms with van der Waals surface area (Å²) in [4.78, 5) is 26.0. The molecule has 1 aromatic rings. The van der Waals surface area contributed by atoms with Crippen molar-refractivity contribution < 1.29 is 14.3 Å². The molecule has 1 heterocycles. The Balaban J connectivity index is 1.70. The highest BCUT2D eigenvalue weighted by Gasteiger charge is 2.40. The molecule has 2 aliphatic rings. The zero-order valence-electron chi connectivity index (χ0n) is 12.9. The van der Waals surface area contributed by atoms with Crippen LogP contribution in [-0.4, -0.2) is 30.5 Å². The van der Waals surface area contributed by atoms with E-state index >= 15 is 0 Å². The minimum atomic E-state index is -0.373. The second-order valence-corrected chi connectivity index (χ2v) is 5.90. The average Bonchev–Trinajstić information content (AvgIpc) is 3.10. The van der Waals surface area contributed by atoms with Gasteiger partial charge in [-0.25, -0.2) is 4.90 Å². The molecule has 2 amide bonds. The Hall–Kier alpha value is -1.88. The van der Waals surface area contributed by atoms with Crippen LogP contribution in [0.15, 0.2) is 24.3 Å². The lowest BCUT2D eigenvalue weighted by Gasteiger charge is -2.18. The van der Waals surface area contributed by atoms with Crippen molar-refractivity contribution in [2.75, 3.05) is 11.5 Å². The molecule has 1 atom stereocenters. The highest BCUT2D eigenvalue weighted by Crippen LogP contribution is 2.27. The summed E-state index contributed by atoms with van der Waals surface area (Å²) in [6.45, 7) is 2.51. The van der Waals surface area contributed by atoms with Crippen LogP contribution in [0.5, 0.6) is 5.75 Å². The van der Waals surface area contributed by atoms with Crippen LogP contribution in [0.4, 0.5) is 5.69 Å². The minimum Gasteiger partial charge on any atom is -0.494 e. The summed E-state index contributed by atoms with van der Waals surface area (Å²) in [5.74, 6) is 0.469. The Bertz CT molecular complexity index is 550. The molecular formula is C17H22N2O3. The maximum atomic E-state index is 12.5. The second kappa shape index (κ2) is 6.48. The lowest BCUT2D eigenvalue weighted by atomic mass is 10.2. The first-order valence-corrected chi connectivity index (χ1v) is 8.04. The predicted octanol–water partition coefficient (Wildman–Crippen LogP) is 2.25. The first-order valence-electron chi connectivity index (χ1n) is 8.04. The molecule has 5 nitrogen and oxygen atoms in total. The minimum absolute atomic E-state index is 0.135. The molecule has 1 aromatic carbocycles. The number of hydrogen-bond acceptors (Lipinski definition) is 4. The smallest absolute Gasteiger partial charge is 0.251 e. The van der Waals surface area contributed by atoms with E-state index in [1.54, 1.807) is 24.3 Å². The fraction of sp³-hybridized carbons (Fsp3) is 0.529. The van der Waals surface area contributed by atoms with Crippen molar-refractivity contribution in [3.63, 3.8) is 0 Å². The van der Waals surface area contributed by atoms with Crippen molar-refractivity contribution in [2.24, 2.45) is 0 Å². The van der Waals surface area contributed by atoms with Crippen LogP contribution in [0, 0.1) is 0 Å². The van der Waals surface area contributed by atoms with Crippen LogP contribution in [-0.2, 0) is 9.59 Å². The quantitative estimate of drug-likeness (QED) is 0.848. The molecule has 3 rings (SSSR count). The van der Waals surface area contributed by atoms with E-state index < -0.39 is 0 Å². The molecule has 118 valence electrons. The molecule has 1 saturated carbocycles. The molecule has 5 heteroatoms. The number of rotatable bonds is 5. The Morgan fingerprint density at radius 2 is 1.86 bits per heavy atom. The van der Waals surface area contributed by atoms with Gasteiger partial charge in [-0.05, 0) is 44.0 Å². The average molecular weight is 302 g/mol. The number of nitrogens with one attached hydrogen (secondary N) is 1. The summed E-state index contributed by atoms with van der Waals surface area (Å²) in [6, 6.07) is 7.11. The molecule has 0 radical (unpaired) electrons. The third-order valence-electron chi connectivity index (χ3n) is 4.34. The third kappa shape index (κ3) is 2.99. The van der Waals surface area contributed by atoms with E-state index in [0.717, 1.165) is 18.6 Å². The van der Waals surface area contributed by atoms with Gasteiger partial charge in [-0.3, -0.25) is 9.59 Å². The fourth-order valence-electron chi connectivity index (χ4n) is 3.27. The lowest BCUT2D eigenvalue weighted by Crippen LogP contribution is -2.42. The van der Waals surface area contributed by atoms with Gasteiger partial charge < -0.3 is 10.1 Å². The van der Waals surface area contributed by atoms with Crippen molar-refractivity contribution in [3.05, 3.63) is 24.3 Å². The van der Waals surface area contributed by atoms with E-state index in [1.807, 2.05) is 6.92 Å². The molecule has 0 bridgehead atoms. The molecule has 0 aromatic heterocycles. The summed E-state index contributed by atoms with van der Waals surface area (Å²) in [5.41, 5.74) is 0.620. The van der Waals surface area contributed by atoms with Crippen LogP contribution in [0.3, 0.4) is 0 Å². The van der Waals surface area contributed by atoms with Crippen LogP contribution < -0.4 is 15.0 Å². The van der Waals surface area contributed by atoms with Crippen molar-refractivity contribution in [3.8, 4) is 5.75 Å². The van der Waals surface area contributed by atoms with Gasteiger partial charge in [-0.1, -0.05) is 12.8 Å². The normalized spacial score (nSPS) is 22.6. The number of ether oxygens (including phenoxy) is 1. The number of amides is 2. The molecular weight excluding hydrogens is 280 g/mol. The number of anilines is 1. The summed E-state index contributed by atoms with van der Waals surface area (Å²) in [5, 5.41) is 3.35. The van der Waals surface area contributed by atoms with Gasteiger partial charge in [0.1, 0.15) is 5.75 Å². The zero-order chi connectivity index (χ0) is 15.5.